The van der Waals surface area contributed by atoms with E-state index in [-0.39, 0.29) is 6.10 Å². The van der Waals surface area contributed by atoms with Gasteiger partial charge in [-0.1, -0.05) is 33.3 Å². The second-order valence-electron chi connectivity index (χ2n) is 13.2. The minimum absolute atomic E-state index is 0.0674. The van der Waals surface area contributed by atoms with E-state index in [0.29, 0.717) is 28.7 Å². The van der Waals surface area contributed by atoms with Crippen LogP contribution in [0.15, 0.2) is 24.4 Å². The summed E-state index contributed by atoms with van der Waals surface area (Å²) in [5, 5.41) is 18.9. The van der Waals surface area contributed by atoms with Crippen LogP contribution in [0.5, 0.6) is 0 Å². The Morgan fingerprint density at radius 1 is 0.971 bits per heavy atom. The number of aliphatic hydroxyl groups is 1. The highest BCUT2D eigenvalue weighted by atomic mass is 16.3. The lowest BCUT2D eigenvalue weighted by molar-refractivity contribution is -0.165. The number of hydrogen-bond donors (Lipinski definition) is 3. The number of rotatable bonds is 9. The molecule has 0 unspecified atom stereocenters. The summed E-state index contributed by atoms with van der Waals surface area (Å²) in [5.41, 5.74) is 2.06. The molecule has 4 fully saturated rings. The quantitative estimate of drug-likeness (QED) is 0.382. The second kappa shape index (κ2) is 10.8. The van der Waals surface area contributed by atoms with Crippen LogP contribution in [-0.4, -0.2) is 35.3 Å². The maximum atomic E-state index is 11.5. The SMILES string of the molecule is CC[C@H]1CC[C@H]2[C@@H]3[C@H](O)C[C@@H]4C[C@@H](NCCCCNCc5ccccn5)CC[C@]4(C)[C@H]3CC[C@]12C. The lowest BCUT2D eigenvalue weighted by atomic mass is 9.44. The molecule has 196 valence electrons. The highest BCUT2D eigenvalue weighted by molar-refractivity contribution is 5.11. The largest absolute Gasteiger partial charge is 0.393 e. The first-order valence-electron chi connectivity index (χ1n) is 15.0. The van der Waals surface area contributed by atoms with Crippen LogP contribution < -0.4 is 10.6 Å². The molecule has 0 aliphatic heterocycles. The Bertz CT molecular complexity index is 817. The number of aromatic nitrogens is 1. The van der Waals surface area contributed by atoms with Gasteiger partial charge in [0.2, 0.25) is 0 Å². The van der Waals surface area contributed by atoms with E-state index >= 15 is 0 Å². The summed E-state index contributed by atoms with van der Waals surface area (Å²) in [5.74, 6) is 3.65. The number of pyridine rings is 1. The molecule has 1 aromatic rings. The number of aliphatic hydroxyl groups excluding tert-OH is 1. The van der Waals surface area contributed by atoms with Crippen molar-refractivity contribution in [2.45, 2.75) is 110 Å². The van der Waals surface area contributed by atoms with Crippen molar-refractivity contribution in [1.82, 2.24) is 15.6 Å². The van der Waals surface area contributed by atoms with E-state index in [1.54, 1.807) is 0 Å². The van der Waals surface area contributed by atoms with E-state index in [9.17, 15) is 5.11 Å². The monoisotopic (exact) mass is 481 g/mol. The van der Waals surface area contributed by atoms with Gasteiger partial charge in [0, 0.05) is 18.8 Å². The number of nitrogens with zero attached hydrogens (tertiary/aromatic N) is 1. The zero-order valence-electron chi connectivity index (χ0n) is 22.6. The molecule has 4 nitrogen and oxygen atoms in total. The maximum absolute atomic E-state index is 11.5. The molecule has 9 atom stereocenters. The summed E-state index contributed by atoms with van der Waals surface area (Å²) >= 11 is 0. The molecule has 0 bridgehead atoms. The Labute approximate surface area is 214 Å². The summed E-state index contributed by atoms with van der Waals surface area (Å²) in [7, 11) is 0. The van der Waals surface area contributed by atoms with Gasteiger partial charge in [0.25, 0.3) is 0 Å². The minimum Gasteiger partial charge on any atom is -0.393 e. The smallest absolute Gasteiger partial charge is 0.0577 e. The average Bonchev–Trinajstić information content (AvgIpc) is 3.21. The molecule has 0 saturated heterocycles. The van der Waals surface area contributed by atoms with E-state index < -0.39 is 0 Å². The molecule has 1 heterocycles. The van der Waals surface area contributed by atoms with Crippen molar-refractivity contribution in [3.8, 4) is 0 Å². The fraction of sp³-hybridized carbons (Fsp3) is 0.839. The maximum Gasteiger partial charge on any atom is 0.0577 e. The summed E-state index contributed by atoms with van der Waals surface area (Å²) in [6.45, 7) is 10.6. The Balaban J connectivity index is 1.08. The Kier molecular flexibility index (Phi) is 7.92. The first-order valence-corrected chi connectivity index (χ1v) is 15.0. The summed E-state index contributed by atoms with van der Waals surface area (Å²) < 4.78 is 0. The van der Waals surface area contributed by atoms with Crippen molar-refractivity contribution < 1.29 is 5.11 Å². The average molecular weight is 482 g/mol. The van der Waals surface area contributed by atoms with E-state index in [1.165, 1.54) is 64.2 Å². The fourth-order valence-electron chi connectivity index (χ4n) is 9.59. The van der Waals surface area contributed by atoms with Crippen molar-refractivity contribution in [2.24, 2.45) is 40.4 Å². The predicted molar refractivity (Wildman–Crippen MR) is 144 cm³/mol. The van der Waals surface area contributed by atoms with Crippen molar-refractivity contribution in [3.63, 3.8) is 0 Å². The lowest BCUT2D eigenvalue weighted by Gasteiger charge is -2.62. The van der Waals surface area contributed by atoms with Gasteiger partial charge in [-0.05, 0) is 130 Å². The number of unbranched alkanes of at least 4 members (excludes halogenated alkanes) is 1. The van der Waals surface area contributed by atoms with Gasteiger partial charge in [-0.15, -0.1) is 0 Å². The normalized spacial score (nSPS) is 42.8. The van der Waals surface area contributed by atoms with Gasteiger partial charge in [0.05, 0.1) is 11.8 Å². The minimum atomic E-state index is -0.0674. The second-order valence-corrected chi connectivity index (χ2v) is 13.2. The molecular weight excluding hydrogens is 430 g/mol. The highest BCUT2D eigenvalue weighted by Gasteiger charge is 2.62. The molecule has 5 rings (SSSR count). The van der Waals surface area contributed by atoms with Crippen LogP contribution in [0.1, 0.15) is 97.1 Å². The van der Waals surface area contributed by atoms with Crippen LogP contribution in [0.4, 0.5) is 0 Å². The van der Waals surface area contributed by atoms with Gasteiger partial charge in [0.1, 0.15) is 0 Å². The van der Waals surface area contributed by atoms with Crippen molar-refractivity contribution in [1.29, 1.82) is 0 Å². The topological polar surface area (TPSA) is 57.2 Å². The van der Waals surface area contributed by atoms with Crippen LogP contribution in [0.3, 0.4) is 0 Å². The van der Waals surface area contributed by atoms with Crippen LogP contribution in [0.2, 0.25) is 0 Å². The standard InChI is InChI=1S/C31H51N3O/c1-4-22-10-11-26-29-27(13-15-30(22,26)2)31(3)14-12-24(19-23(31)20-28(29)35)33-18-8-7-16-32-21-25-9-5-6-17-34-25/h5-6,9,17,22-24,26-29,32-33,35H,4,7-8,10-16,18-21H2,1-3H3/t22-,23-,24-,26-,27-,28+,29-,30+,31-/m0/s1. The van der Waals surface area contributed by atoms with E-state index in [1.807, 2.05) is 12.3 Å². The van der Waals surface area contributed by atoms with Gasteiger partial charge in [-0.2, -0.15) is 0 Å². The molecule has 0 amide bonds. The third kappa shape index (κ3) is 4.97. The zero-order chi connectivity index (χ0) is 24.5. The molecule has 4 heteroatoms. The first kappa shape index (κ1) is 25.7. The van der Waals surface area contributed by atoms with Gasteiger partial charge in [-0.3, -0.25) is 4.98 Å². The summed E-state index contributed by atoms with van der Waals surface area (Å²) in [6, 6.07) is 6.74. The van der Waals surface area contributed by atoms with Gasteiger partial charge < -0.3 is 15.7 Å². The molecule has 4 aliphatic carbocycles. The summed E-state index contributed by atoms with van der Waals surface area (Å²) in [6.07, 6.45) is 16.1. The molecule has 0 spiro atoms. The van der Waals surface area contributed by atoms with Gasteiger partial charge in [-0.25, -0.2) is 0 Å². The van der Waals surface area contributed by atoms with E-state index in [4.69, 9.17) is 0 Å². The molecule has 0 aromatic carbocycles. The number of hydrogen-bond acceptors (Lipinski definition) is 4. The molecule has 4 aliphatic rings. The Hall–Kier alpha value is -0.970. The van der Waals surface area contributed by atoms with Crippen molar-refractivity contribution >= 4 is 0 Å². The van der Waals surface area contributed by atoms with Crippen LogP contribution >= 0.6 is 0 Å². The van der Waals surface area contributed by atoms with Crippen LogP contribution in [0, 0.1) is 40.4 Å². The Morgan fingerprint density at radius 2 is 1.77 bits per heavy atom. The van der Waals surface area contributed by atoms with Crippen molar-refractivity contribution in [3.05, 3.63) is 30.1 Å². The van der Waals surface area contributed by atoms with Gasteiger partial charge >= 0.3 is 0 Å². The number of fused-ring (bicyclic) bond motifs is 5. The van der Waals surface area contributed by atoms with Crippen LogP contribution in [0.25, 0.3) is 0 Å². The van der Waals surface area contributed by atoms with E-state index in [0.717, 1.165) is 49.5 Å². The van der Waals surface area contributed by atoms with Crippen molar-refractivity contribution in [2.75, 3.05) is 13.1 Å². The first-order chi connectivity index (χ1) is 17.0. The molecule has 1 aromatic heterocycles. The lowest BCUT2D eigenvalue weighted by Crippen LogP contribution is -2.59. The predicted octanol–water partition coefficient (Wildman–Crippen LogP) is 5.95. The number of nitrogens with one attached hydrogen (secondary N) is 2. The molecular formula is C31H51N3O. The Morgan fingerprint density at radius 3 is 2.57 bits per heavy atom. The summed E-state index contributed by atoms with van der Waals surface area (Å²) in [4.78, 5) is 4.38. The van der Waals surface area contributed by atoms with E-state index in [2.05, 4.69) is 48.5 Å². The molecule has 0 radical (unpaired) electrons. The molecule has 4 saturated carbocycles. The zero-order valence-corrected chi connectivity index (χ0v) is 22.6. The fourth-order valence-corrected chi connectivity index (χ4v) is 9.59. The van der Waals surface area contributed by atoms with Crippen LogP contribution in [-0.2, 0) is 6.54 Å². The highest BCUT2D eigenvalue weighted by Crippen LogP contribution is 2.67. The third-order valence-corrected chi connectivity index (χ3v) is 11.6. The van der Waals surface area contributed by atoms with Gasteiger partial charge in [0.15, 0.2) is 0 Å². The molecule has 35 heavy (non-hydrogen) atoms. The third-order valence-electron chi connectivity index (χ3n) is 11.6. The molecule has 3 N–H and O–H groups in total.